The highest BCUT2D eigenvalue weighted by Crippen LogP contribution is 2.36. The molecule has 0 aliphatic carbocycles. The maximum absolute atomic E-state index is 13.9. The van der Waals surface area contributed by atoms with E-state index in [2.05, 4.69) is 9.72 Å². The highest BCUT2D eigenvalue weighted by Gasteiger charge is 2.31. The summed E-state index contributed by atoms with van der Waals surface area (Å²) in [5, 5.41) is 9.19. The molecule has 1 aromatic carbocycles. The number of rotatable bonds is 4. The van der Waals surface area contributed by atoms with Crippen molar-refractivity contribution in [3.8, 4) is 11.1 Å². The van der Waals surface area contributed by atoms with Gasteiger partial charge in [-0.3, -0.25) is 0 Å². The van der Waals surface area contributed by atoms with Crippen molar-refractivity contribution in [3.63, 3.8) is 0 Å². The molecule has 2 N–H and O–H groups in total. The summed E-state index contributed by atoms with van der Waals surface area (Å²) in [5.74, 6) is -11.9. The van der Waals surface area contributed by atoms with E-state index in [9.17, 15) is 31.9 Å². The van der Waals surface area contributed by atoms with Crippen molar-refractivity contribution in [2.24, 2.45) is 0 Å². The maximum Gasteiger partial charge on any atom is 0.340 e. The molecule has 1 aromatic heterocycles. The van der Waals surface area contributed by atoms with Crippen molar-refractivity contribution < 1.29 is 36.6 Å². The molecule has 0 aliphatic rings. The first-order chi connectivity index (χ1) is 10.8. The zero-order valence-electron chi connectivity index (χ0n) is 11.6. The Morgan fingerprint density at radius 1 is 1.04 bits per heavy atom. The summed E-state index contributed by atoms with van der Waals surface area (Å²) in [6.07, 6.45) is 0.955. The largest absolute Gasteiger partial charge is 0.462 e. The highest BCUT2D eigenvalue weighted by molar-refractivity contribution is 5.98. The molecule has 0 fully saturated rings. The van der Waals surface area contributed by atoms with E-state index in [-0.39, 0.29) is 12.3 Å². The molecule has 2 rings (SSSR count). The molecule has 0 bridgehead atoms. The summed E-state index contributed by atoms with van der Waals surface area (Å²) in [4.78, 5) is 14.1. The van der Waals surface area contributed by atoms with Crippen LogP contribution < -0.4 is 0 Å². The average Bonchev–Trinajstić information content (AvgIpc) is 2.95. The number of hydrogen-bond donors (Lipinski definition) is 2. The number of aliphatic hydroxyl groups excluding tert-OH is 1. The van der Waals surface area contributed by atoms with E-state index in [4.69, 9.17) is 0 Å². The Kier molecular flexibility index (Phi) is 4.69. The van der Waals surface area contributed by atoms with Gasteiger partial charge in [0.25, 0.3) is 0 Å². The lowest BCUT2D eigenvalue weighted by molar-refractivity contribution is 0.0527. The van der Waals surface area contributed by atoms with E-state index in [1.54, 1.807) is 0 Å². The van der Waals surface area contributed by atoms with Gasteiger partial charge in [-0.2, -0.15) is 0 Å². The number of hydrogen-bond acceptors (Lipinski definition) is 3. The first-order valence-electron chi connectivity index (χ1n) is 6.35. The van der Waals surface area contributed by atoms with Crippen molar-refractivity contribution in [3.05, 3.63) is 46.5 Å². The second-order valence-corrected chi connectivity index (χ2v) is 4.38. The van der Waals surface area contributed by atoms with Gasteiger partial charge in [0.1, 0.15) is 0 Å². The maximum atomic E-state index is 13.9. The van der Waals surface area contributed by atoms with Crippen molar-refractivity contribution in [2.75, 3.05) is 6.61 Å². The number of aliphatic hydroxyl groups is 1. The predicted octanol–water partition coefficient (Wildman–Crippen LogP) is 3.05. The minimum atomic E-state index is -2.32. The van der Waals surface area contributed by atoms with Crippen LogP contribution in [-0.2, 0) is 11.3 Å². The molecule has 0 amide bonds. The van der Waals surface area contributed by atoms with Gasteiger partial charge in [0, 0.05) is 17.5 Å². The number of benzene rings is 1. The van der Waals surface area contributed by atoms with Gasteiger partial charge in [0.05, 0.1) is 24.3 Å². The minimum Gasteiger partial charge on any atom is -0.462 e. The summed E-state index contributed by atoms with van der Waals surface area (Å²) < 4.78 is 72.4. The summed E-state index contributed by atoms with van der Waals surface area (Å²) >= 11 is 0. The Labute approximate surface area is 126 Å². The van der Waals surface area contributed by atoms with Gasteiger partial charge in [-0.25, -0.2) is 26.7 Å². The molecule has 0 atom stereocenters. The third-order valence-corrected chi connectivity index (χ3v) is 3.08. The molecule has 0 saturated carbocycles. The third kappa shape index (κ3) is 2.67. The summed E-state index contributed by atoms with van der Waals surface area (Å²) in [7, 11) is 0. The Morgan fingerprint density at radius 2 is 1.57 bits per heavy atom. The molecule has 0 saturated heterocycles. The van der Waals surface area contributed by atoms with Gasteiger partial charge in [-0.1, -0.05) is 0 Å². The lowest BCUT2D eigenvalue weighted by atomic mass is 9.99. The highest BCUT2D eigenvalue weighted by atomic mass is 19.2. The van der Waals surface area contributed by atoms with Gasteiger partial charge in [-0.15, -0.1) is 0 Å². The fourth-order valence-electron chi connectivity index (χ4n) is 2.07. The average molecular weight is 335 g/mol. The van der Waals surface area contributed by atoms with Crippen LogP contribution in [0.25, 0.3) is 11.1 Å². The molecule has 0 spiro atoms. The number of ether oxygens (including phenoxy) is 1. The number of aromatic nitrogens is 1. The van der Waals surface area contributed by atoms with Crippen LogP contribution in [0.3, 0.4) is 0 Å². The van der Waals surface area contributed by atoms with Gasteiger partial charge in [0.15, 0.2) is 23.3 Å². The Morgan fingerprint density at radius 3 is 2.04 bits per heavy atom. The first-order valence-corrected chi connectivity index (χ1v) is 6.35. The lowest BCUT2D eigenvalue weighted by Crippen LogP contribution is -2.09. The molecule has 124 valence electrons. The van der Waals surface area contributed by atoms with Crippen molar-refractivity contribution in [1.29, 1.82) is 0 Å². The van der Waals surface area contributed by atoms with Crippen LogP contribution in [0.4, 0.5) is 22.0 Å². The summed E-state index contributed by atoms with van der Waals surface area (Å²) in [6.45, 7) is 0.568. The predicted molar refractivity (Wildman–Crippen MR) is 67.9 cm³/mol. The second-order valence-electron chi connectivity index (χ2n) is 4.38. The lowest BCUT2D eigenvalue weighted by Gasteiger charge is -2.11. The van der Waals surface area contributed by atoms with Crippen molar-refractivity contribution in [1.82, 2.24) is 4.98 Å². The normalized spacial score (nSPS) is 10.9. The number of H-pyrrole nitrogens is 1. The summed E-state index contributed by atoms with van der Waals surface area (Å²) in [5.41, 5.74) is -2.70. The third-order valence-electron chi connectivity index (χ3n) is 3.08. The smallest absolute Gasteiger partial charge is 0.340 e. The fourth-order valence-corrected chi connectivity index (χ4v) is 2.07. The Bertz CT molecular complexity index is 743. The number of carbonyl (C=O) groups excluding carboxylic acids is 1. The number of carbonyl (C=O) groups is 1. The number of halogens is 5. The molecule has 0 unspecified atom stereocenters. The van der Waals surface area contributed by atoms with E-state index in [0.29, 0.717) is 0 Å². The quantitative estimate of drug-likeness (QED) is 0.391. The molecule has 9 heteroatoms. The second kappa shape index (κ2) is 6.37. The fraction of sp³-hybridized carbons (Fsp3) is 0.214. The summed E-state index contributed by atoms with van der Waals surface area (Å²) in [6, 6.07) is 0. The monoisotopic (exact) mass is 335 g/mol. The van der Waals surface area contributed by atoms with Crippen LogP contribution in [-0.4, -0.2) is 22.7 Å². The van der Waals surface area contributed by atoms with Crippen LogP contribution in [0, 0.1) is 29.1 Å². The Hall–Kier alpha value is -2.42. The van der Waals surface area contributed by atoms with Gasteiger partial charge in [-0.05, 0) is 6.92 Å². The van der Waals surface area contributed by atoms with Crippen LogP contribution in [0.5, 0.6) is 0 Å². The zero-order valence-corrected chi connectivity index (χ0v) is 11.6. The van der Waals surface area contributed by atoms with Crippen LogP contribution in [0.2, 0.25) is 0 Å². The molecule has 4 nitrogen and oxygen atoms in total. The molecule has 1 heterocycles. The van der Waals surface area contributed by atoms with Crippen molar-refractivity contribution in [2.45, 2.75) is 13.5 Å². The van der Waals surface area contributed by atoms with E-state index in [1.807, 2.05) is 0 Å². The van der Waals surface area contributed by atoms with E-state index >= 15 is 0 Å². The molecular weight excluding hydrogens is 325 g/mol. The van der Waals surface area contributed by atoms with E-state index in [1.165, 1.54) is 6.92 Å². The van der Waals surface area contributed by atoms with Gasteiger partial charge in [0.2, 0.25) is 5.82 Å². The minimum absolute atomic E-state index is 0.0744. The van der Waals surface area contributed by atoms with Gasteiger partial charge < -0.3 is 14.8 Å². The topological polar surface area (TPSA) is 62.3 Å². The Balaban J connectivity index is 2.82. The van der Waals surface area contributed by atoms with E-state index < -0.39 is 58.4 Å². The van der Waals surface area contributed by atoms with Crippen LogP contribution in [0.15, 0.2) is 6.20 Å². The molecule has 0 radical (unpaired) electrons. The van der Waals surface area contributed by atoms with Gasteiger partial charge >= 0.3 is 5.97 Å². The number of esters is 1. The molecule has 2 aromatic rings. The standard InChI is InChI=1S/C14H10F5NO3/c1-2-23-14(22)5-3-20-6(4-21)7(5)8-9(15)11(17)13(19)12(18)10(8)16/h3,20-21H,2,4H2,1H3. The number of aromatic amines is 1. The first kappa shape index (κ1) is 16.9. The SMILES string of the molecule is CCOC(=O)c1c[nH]c(CO)c1-c1c(F)c(F)c(F)c(F)c1F. The van der Waals surface area contributed by atoms with Crippen molar-refractivity contribution >= 4 is 5.97 Å². The number of nitrogens with one attached hydrogen (secondary N) is 1. The van der Waals surface area contributed by atoms with Crippen LogP contribution >= 0.6 is 0 Å². The molecule has 23 heavy (non-hydrogen) atoms. The molecular formula is C14H10F5NO3. The molecule has 0 aliphatic heterocycles. The zero-order chi connectivity index (χ0) is 17.3. The van der Waals surface area contributed by atoms with E-state index in [0.717, 1.165) is 6.20 Å². The van der Waals surface area contributed by atoms with Crippen LogP contribution in [0.1, 0.15) is 23.0 Å².